The van der Waals surface area contributed by atoms with E-state index < -0.39 is 6.04 Å². The molecule has 4 N–H and O–H groups in total. The number of hydrogen-bond acceptors (Lipinski definition) is 4. The highest BCUT2D eigenvalue weighted by molar-refractivity contribution is 7.12. The molecule has 34 heavy (non-hydrogen) atoms. The number of rotatable bonds is 8. The molecule has 8 heteroatoms. The normalized spacial score (nSPS) is 12.6. The van der Waals surface area contributed by atoms with E-state index in [1.165, 1.54) is 18.3 Å². The molecule has 7 nitrogen and oxygen atoms in total. The van der Waals surface area contributed by atoms with E-state index >= 15 is 0 Å². The third-order valence-electron chi connectivity index (χ3n) is 5.53. The van der Waals surface area contributed by atoms with Gasteiger partial charge in [0.15, 0.2) is 0 Å². The summed E-state index contributed by atoms with van der Waals surface area (Å²) in [4.78, 5) is 41.3. The first-order valence-corrected chi connectivity index (χ1v) is 11.9. The van der Waals surface area contributed by atoms with Gasteiger partial charge in [-0.2, -0.15) is 0 Å². The summed E-state index contributed by atoms with van der Waals surface area (Å²) < 4.78 is 0. The second-order valence-corrected chi connectivity index (χ2v) is 9.05. The molecule has 174 valence electrons. The quantitative estimate of drug-likeness (QED) is 0.304. The Morgan fingerprint density at radius 1 is 1.00 bits per heavy atom. The van der Waals surface area contributed by atoms with Gasteiger partial charge < -0.3 is 20.9 Å². The molecule has 3 amide bonds. The second-order valence-electron chi connectivity index (χ2n) is 8.10. The van der Waals surface area contributed by atoms with Crippen LogP contribution in [0.1, 0.15) is 40.7 Å². The second kappa shape index (κ2) is 10.4. The largest absolute Gasteiger partial charge is 0.361 e. The van der Waals surface area contributed by atoms with Gasteiger partial charge in [-0.25, -0.2) is 0 Å². The van der Waals surface area contributed by atoms with E-state index in [-0.39, 0.29) is 23.8 Å². The molecule has 0 aliphatic rings. The number of aromatic nitrogens is 1. The summed E-state index contributed by atoms with van der Waals surface area (Å²) in [6, 6.07) is 17.6. The topological polar surface area (TPSA) is 103 Å². The van der Waals surface area contributed by atoms with Crippen molar-refractivity contribution in [1.29, 1.82) is 0 Å². The van der Waals surface area contributed by atoms with Crippen LogP contribution in [0.15, 0.2) is 72.2 Å². The number of aromatic amines is 1. The van der Waals surface area contributed by atoms with Gasteiger partial charge in [0.25, 0.3) is 5.91 Å². The Kier molecular flexibility index (Phi) is 7.08. The third-order valence-corrected chi connectivity index (χ3v) is 6.40. The van der Waals surface area contributed by atoms with Gasteiger partial charge in [0.2, 0.25) is 11.8 Å². The lowest BCUT2D eigenvalue weighted by Gasteiger charge is -2.22. The van der Waals surface area contributed by atoms with Gasteiger partial charge >= 0.3 is 0 Å². The maximum absolute atomic E-state index is 13.4. The molecule has 0 spiro atoms. The van der Waals surface area contributed by atoms with Crippen molar-refractivity contribution in [2.45, 2.75) is 32.4 Å². The molecule has 2 unspecified atom stereocenters. The number of carbonyl (C=O) groups excluding carboxylic acids is 3. The number of carbonyl (C=O) groups is 3. The molecular weight excluding hydrogens is 448 g/mol. The number of fused-ring (bicyclic) bond motifs is 1. The zero-order valence-corrected chi connectivity index (χ0v) is 19.7. The van der Waals surface area contributed by atoms with Crippen LogP contribution in [0.3, 0.4) is 0 Å². The minimum atomic E-state index is -0.769. The van der Waals surface area contributed by atoms with Crippen LogP contribution in [0, 0.1) is 0 Å². The molecule has 2 aromatic carbocycles. The van der Waals surface area contributed by atoms with Crippen LogP contribution in [0.2, 0.25) is 0 Å². The first-order valence-electron chi connectivity index (χ1n) is 11.0. The number of amides is 3. The van der Waals surface area contributed by atoms with Crippen LogP contribution >= 0.6 is 11.3 Å². The van der Waals surface area contributed by atoms with Gasteiger partial charge in [0, 0.05) is 36.1 Å². The lowest BCUT2D eigenvalue weighted by atomic mass is 10.0. The van der Waals surface area contributed by atoms with Crippen molar-refractivity contribution < 1.29 is 14.4 Å². The van der Waals surface area contributed by atoms with Crippen LogP contribution in [0.4, 0.5) is 5.69 Å². The van der Waals surface area contributed by atoms with Gasteiger partial charge in [-0.3, -0.25) is 14.4 Å². The molecule has 0 bridgehead atoms. The standard InChI is InChI=1S/C26H26N4O3S/c1-16(18-7-5-8-20(13-18)29-17(2)31)28-25(32)23(30-26(33)24-11-6-12-34-24)14-19-15-27-22-10-4-3-9-21(19)22/h3-13,15-16,23,27H,14H2,1-2H3,(H,28,32)(H,29,31)(H,30,33). The van der Waals surface area contributed by atoms with Crippen molar-refractivity contribution in [1.82, 2.24) is 15.6 Å². The van der Waals surface area contributed by atoms with E-state index in [0.717, 1.165) is 22.0 Å². The first kappa shape index (κ1) is 23.3. The Morgan fingerprint density at radius 3 is 2.59 bits per heavy atom. The average molecular weight is 475 g/mol. The molecule has 0 aliphatic carbocycles. The highest BCUT2D eigenvalue weighted by atomic mass is 32.1. The number of anilines is 1. The van der Waals surface area contributed by atoms with E-state index in [2.05, 4.69) is 20.9 Å². The molecule has 0 radical (unpaired) electrons. The predicted octanol–water partition coefficient (Wildman–Crippen LogP) is 4.41. The monoisotopic (exact) mass is 474 g/mol. The van der Waals surface area contributed by atoms with Crippen molar-refractivity contribution in [3.63, 3.8) is 0 Å². The molecule has 0 saturated carbocycles. The summed E-state index contributed by atoms with van der Waals surface area (Å²) in [5.74, 6) is -0.730. The number of hydrogen-bond donors (Lipinski definition) is 4. The Bertz CT molecular complexity index is 1310. The number of thiophene rings is 1. The Morgan fingerprint density at radius 2 is 1.82 bits per heavy atom. The van der Waals surface area contributed by atoms with Gasteiger partial charge in [0.1, 0.15) is 6.04 Å². The number of nitrogens with one attached hydrogen (secondary N) is 4. The molecule has 4 rings (SSSR count). The fourth-order valence-electron chi connectivity index (χ4n) is 3.85. The molecule has 0 saturated heterocycles. The summed E-state index contributed by atoms with van der Waals surface area (Å²) in [7, 11) is 0. The van der Waals surface area contributed by atoms with E-state index in [0.29, 0.717) is 17.0 Å². The molecule has 0 fully saturated rings. The highest BCUT2D eigenvalue weighted by Crippen LogP contribution is 2.21. The molecule has 2 aromatic heterocycles. The lowest BCUT2D eigenvalue weighted by Crippen LogP contribution is -2.48. The zero-order valence-electron chi connectivity index (χ0n) is 18.9. The van der Waals surface area contributed by atoms with Crippen LogP contribution in [-0.2, 0) is 16.0 Å². The summed E-state index contributed by atoms with van der Waals surface area (Å²) >= 11 is 1.33. The predicted molar refractivity (Wildman–Crippen MR) is 135 cm³/mol. The van der Waals surface area contributed by atoms with Crippen molar-refractivity contribution in [2.24, 2.45) is 0 Å². The van der Waals surface area contributed by atoms with E-state index in [1.54, 1.807) is 18.2 Å². The molecule has 0 aliphatic heterocycles. The lowest BCUT2D eigenvalue weighted by molar-refractivity contribution is -0.123. The molecular formula is C26H26N4O3S. The van der Waals surface area contributed by atoms with Crippen molar-refractivity contribution in [3.05, 3.63) is 88.2 Å². The number of H-pyrrole nitrogens is 1. The van der Waals surface area contributed by atoms with Crippen LogP contribution < -0.4 is 16.0 Å². The summed E-state index contributed by atoms with van der Waals surface area (Å²) in [6.45, 7) is 3.32. The van der Waals surface area contributed by atoms with Gasteiger partial charge in [-0.05, 0) is 47.7 Å². The van der Waals surface area contributed by atoms with Crippen molar-refractivity contribution in [3.8, 4) is 0 Å². The number of benzene rings is 2. The van der Waals surface area contributed by atoms with Crippen molar-refractivity contribution >= 4 is 45.6 Å². The molecule has 2 atom stereocenters. The van der Waals surface area contributed by atoms with Gasteiger partial charge in [-0.1, -0.05) is 36.4 Å². The molecule has 4 aromatic rings. The Balaban J connectivity index is 1.54. The first-order chi connectivity index (χ1) is 16.4. The van der Waals surface area contributed by atoms with E-state index in [1.807, 2.05) is 61.0 Å². The van der Waals surface area contributed by atoms with Gasteiger partial charge in [-0.15, -0.1) is 11.3 Å². The highest BCUT2D eigenvalue weighted by Gasteiger charge is 2.25. The van der Waals surface area contributed by atoms with Gasteiger partial charge in [0.05, 0.1) is 10.9 Å². The SMILES string of the molecule is CC(=O)Nc1cccc(C(C)NC(=O)C(Cc2c[nH]c3ccccc23)NC(=O)c2cccs2)c1. The fourth-order valence-corrected chi connectivity index (χ4v) is 4.48. The maximum Gasteiger partial charge on any atom is 0.262 e. The Labute approximate surface area is 201 Å². The fraction of sp³-hybridized carbons (Fsp3) is 0.192. The van der Waals surface area contributed by atoms with E-state index in [9.17, 15) is 14.4 Å². The summed E-state index contributed by atoms with van der Waals surface area (Å²) in [5.41, 5.74) is 3.43. The Hall–Kier alpha value is -3.91. The van der Waals surface area contributed by atoms with E-state index in [4.69, 9.17) is 0 Å². The zero-order chi connectivity index (χ0) is 24.1. The minimum absolute atomic E-state index is 0.163. The smallest absolute Gasteiger partial charge is 0.262 e. The van der Waals surface area contributed by atoms with Crippen LogP contribution in [0.5, 0.6) is 0 Å². The minimum Gasteiger partial charge on any atom is -0.361 e. The van der Waals surface area contributed by atoms with Crippen LogP contribution in [0.25, 0.3) is 10.9 Å². The maximum atomic E-state index is 13.4. The molecule has 2 heterocycles. The average Bonchev–Trinajstić information content (AvgIpc) is 3.49. The van der Waals surface area contributed by atoms with Crippen LogP contribution in [-0.4, -0.2) is 28.7 Å². The summed E-state index contributed by atoms with van der Waals surface area (Å²) in [6.07, 6.45) is 2.22. The number of para-hydroxylation sites is 1. The third kappa shape index (κ3) is 5.52. The van der Waals surface area contributed by atoms with Crippen molar-refractivity contribution in [2.75, 3.05) is 5.32 Å². The summed E-state index contributed by atoms with van der Waals surface area (Å²) in [5, 5.41) is 11.5.